The molecule has 1 aliphatic carbocycles. The molecule has 0 N–H and O–H groups in total. The Balaban J connectivity index is 1.01. The predicted octanol–water partition coefficient (Wildman–Crippen LogP) is 14.3. The Labute approximate surface area is 303 Å². The van der Waals surface area contributed by atoms with Crippen LogP contribution in [0.5, 0.6) is 0 Å². The molecule has 52 heavy (non-hydrogen) atoms. The van der Waals surface area contributed by atoms with Crippen LogP contribution < -0.4 is 4.90 Å². The molecule has 0 spiro atoms. The van der Waals surface area contributed by atoms with Gasteiger partial charge in [-0.25, -0.2) is 0 Å². The van der Waals surface area contributed by atoms with Gasteiger partial charge in [0.05, 0.1) is 0 Å². The molecule has 0 bridgehead atoms. The van der Waals surface area contributed by atoms with Crippen molar-refractivity contribution >= 4 is 60.5 Å². The summed E-state index contributed by atoms with van der Waals surface area (Å²) in [5.74, 6) is 0.443. The SMILES string of the molecule is C1=CCC(c2ccc3ccc(-c4ccc5cc(N(c6ccccc6)c6cccc(-c7ccc8oc9ccccc9c8c7)c6)ccc5c4)cc3c2)C=C1. The summed E-state index contributed by atoms with van der Waals surface area (Å²) in [6.45, 7) is 0. The molecule has 8 aromatic carbocycles. The van der Waals surface area contributed by atoms with Crippen molar-refractivity contribution in [1.82, 2.24) is 0 Å². The van der Waals surface area contributed by atoms with Gasteiger partial charge in [0.25, 0.3) is 0 Å². The van der Waals surface area contributed by atoms with Crippen LogP contribution >= 0.6 is 0 Å². The molecular weight excluding hydrogens is 631 g/mol. The third-order valence-electron chi connectivity index (χ3n) is 10.5. The number of nitrogens with zero attached hydrogens (tertiary/aromatic N) is 1. The lowest BCUT2D eigenvalue weighted by atomic mass is 9.90. The lowest BCUT2D eigenvalue weighted by Crippen LogP contribution is -2.09. The van der Waals surface area contributed by atoms with Gasteiger partial charge in [0.2, 0.25) is 0 Å². The average Bonchev–Trinajstić information content (AvgIpc) is 3.59. The van der Waals surface area contributed by atoms with Gasteiger partial charge < -0.3 is 9.32 Å². The number of para-hydroxylation sites is 2. The number of anilines is 3. The summed E-state index contributed by atoms with van der Waals surface area (Å²) >= 11 is 0. The number of allylic oxidation sites excluding steroid dienone is 4. The minimum atomic E-state index is 0.443. The zero-order valence-corrected chi connectivity index (χ0v) is 28.6. The van der Waals surface area contributed by atoms with Crippen molar-refractivity contribution in [1.29, 1.82) is 0 Å². The van der Waals surface area contributed by atoms with Crippen LogP contribution in [-0.4, -0.2) is 0 Å². The van der Waals surface area contributed by atoms with Gasteiger partial charge in [-0.2, -0.15) is 0 Å². The van der Waals surface area contributed by atoms with Crippen molar-refractivity contribution < 1.29 is 4.42 Å². The first-order chi connectivity index (χ1) is 25.7. The van der Waals surface area contributed by atoms with E-state index in [-0.39, 0.29) is 0 Å². The highest BCUT2D eigenvalue weighted by Crippen LogP contribution is 2.40. The first-order valence-electron chi connectivity index (χ1n) is 18.0. The van der Waals surface area contributed by atoms with E-state index in [2.05, 4.69) is 187 Å². The van der Waals surface area contributed by atoms with Gasteiger partial charge in [-0.1, -0.05) is 127 Å². The van der Waals surface area contributed by atoms with Gasteiger partial charge in [0, 0.05) is 33.8 Å². The summed E-state index contributed by atoms with van der Waals surface area (Å²) in [4.78, 5) is 2.35. The van der Waals surface area contributed by atoms with E-state index in [4.69, 9.17) is 4.42 Å². The molecular formula is C50H35NO. The minimum absolute atomic E-state index is 0.443. The summed E-state index contributed by atoms with van der Waals surface area (Å²) in [7, 11) is 0. The molecule has 1 unspecified atom stereocenters. The van der Waals surface area contributed by atoms with Gasteiger partial charge >= 0.3 is 0 Å². The van der Waals surface area contributed by atoms with E-state index in [9.17, 15) is 0 Å². The standard InChI is InChI=1S/C50H35NO/c1-3-10-34(11-4-1)37-20-18-35-19-21-39(30-43(35)29-37)38-22-23-41-32-46(26-24-40(41)28-38)51(44-13-5-2-6-14-44)45-15-9-12-36(31-45)42-25-27-50-48(33-42)47-16-7-8-17-49(47)52-50/h1-10,12-34H,11H2. The summed E-state index contributed by atoms with van der Waals surface area (Å²) < 4.78 is 6.12. The molecule has 1 atom stereocenters. The van der Waals surface area contributed by atoms with Gasteiger partial charge in [-0.15, -0.1) is 0 Å². The first-order valence-corrected chi connectivity index (χ1v) is 18.0. The van der Waals surface area contributed by atoms with Gasteiger partial charge in [-0.3, -0.25) is 0 Å². The molecule has 0 fully saturated rings. The van der Waals surface area contributed by atoms with Gasteiger partial charge in [0.15, 0.2) is 0 Å². The zero-order chi connectivity index (χ0) is 34.4. The molecule has 0 amide bonds. The van der Waals surface area contributed by atoms with Crippen LogP contribution in [0.3, 0.4) is 0 Å². The van der Waals surface area contributed by atoms with Crippen LogP contribution in [0.2, 0.25) is 0 Å². The number of hydrogen-bond acceptors (Lipinski definition) is 2. The molecule has 0 radical (unpaired) electrons. The van der Waals surface area contributed by atoms with Crippen LogP contribution in [0.25, 0.3) is 65.7 Å². The van der Waals surface area contributed by atoms with Crippen molar-refractivity contribution in [2.75, 3.05) is 4.90 Å². The van der Waals surface area contributed by atoms with Crippen LogP contribution in [0, 0.1) is 0 Å². The van der Waals surface area contributed by atoms with Crippen molar-refractivity contribution in [3.63, 3.8) is 0 Å². The molecule has 1 aromatic heterocycles. The fourth-order valence-electron chi connectivity index (χ4n) is 7.81. The Morgan fingerprint density at radius 2 is 1.10 bits per heavy atom. The minimum Gasteiger partial charge on any atom is -0.456 e. The molecule has 1 heterocycles. The molecule has 9 aromatic rings. The maximum Gasteiger partial charge on any atom is 0.135 e. The van der Waals surface area contributed by atoms with E-state index in [0.29, 0.717) is 5.92 Å². The molecule has 10 rings (SSSR count). The fourth-order valence-corrected chi connectivity index (χ4v) is 7.81. The smallest absolute Gasteiger partial charge is 0.135 e. The Morgan fingerprint density at radius 3 is 1.98 bits per heavy atom. The Hall–Kier alpha value is -6.64. The number of benzene rings is 8. The Kier molecular flexibility index (Phi) is 7.32. The van der Waals surface area contributed by atoms with Crippen molar-refractivity contribution in [3.8, 4) is 22.3 Å². The second-order valence-electron chi connectivity index (χ2n) is 13.8. The summed E-state index contributed by atoms with van der Waals surface area (Å²) in [5.41, 5.74) is 11.3. The maximum absolute atomic E-state index is 6.12. The van der Waals surface area contributed by atoms with Gasteiger partial charge in [-0.05, 0) is 123 Å². The number of rotatable bonds is 6. The highest BCUT2D eigenvalue weighted by atomic mass is 16.3. The van der Waals surface area contributed by atoms with Gasteiger partial charge in [0.1, 0.15) is 11.2 Å². The molecule has 246 valence electrons. The Morgan fingerprint density at radius 1 is 0.423 bits per heavy atom. The van der Waals surface area contributed by atoms with E-state index in [1.807, 2.05) is 12.1 Å². The molecule has 0 aliphatic heterocycles. The largest absolute Gasteiger partial charge is 0.456 e. The molecule has 1 aliphatic rings. The normalized spacial score (nSPS) is 14.1. The lowest BCUT2D eigenvalue weighted by molar-refractivity contribution is 0.669. The highest BCUT2D eigenvalue weighted by molar-refractivity contribution is 6.06. The summed E-state index contributed by atoms with van der Waals surface area (Å²) in [6, 6.07) is 61.6. The zero-order valence-electron chi connectivity index (χ0n) is 28.6. The third-order valence-corrected chi connectivity index (χ3v) is 10.5. The average molecular weight is 666 g/mol. The highest BCUT2D eigenvalue weighted by Gasteiger charge is 2.16. The van der Waals surface area contributed by atoms with Crippen molar-refractivity contribution in [2.45, 2.75) is 12.3 Å². The summed E-state index contributed by atoms with van der Waals surface area (Å²) in [5, 5.41) is 7.25. The number of furan rings is 1. The van der Waals surface area contributed by atoms with Crippen LogP contribution in [0.4, 0.5) is 17.1 Å². The van der Waals surface area contributed by atoms with Crippen molar-refractivity contribution in [2.24, 2.45) is 0 Å². The molecule has 0 saturated carbocycles. The van der Waals surface area contributed by atoms with Crippen LogP contribution in [0.15, 0.2) is 199 Å². The topological polar surface area (TPSA) is 16.4 Å². The number of fused-ring (bicyclic) bond motifs is 5. The molecule has 2 nitrogen and oxygen atoms in total. The maximum atomic E-state index is 6.12. The van der Waals surface area contributed by atoms with Crippen LogP contribution in [-0.2, 0) is 0 Å². The van der Waals surface area contributed by atoms with E-state index in [0.717, 1.165) is 56.5 Å². The molecule has 0 saturated heterocycles. The predicted molar refractivity (Wildman–Crippen MR) is 220 cm³/mol. The van der Waals surface area contributed by atoms with E-state index < -0.39 is 0 Å². The van der Waals surface area contributed by atoms with E-state index in [1.165, 1.54) is 38.2 Å². The second kappa shape index (κ2) is 12.6. The third kappa shape index (κ3) is 5.46. The summed E-state index contributed by atoms with van der Waals surface area (Å²) in [6.07, 6.45) is 9.92. The first kappa shape index (κ1) is 30.2. The van der Waals surface area contributed by atoms with E-state index >= 15 is 0 Å². The lowest BCUT2D eigenvalue weighted by Gasteiger charge is -2.26. The Bertz CT molecular complexity index is 2840. The van der Waals surface area contributed by atoms with E-state index in [1.54, 1.807) is 0 Å². The van der Waals surface area contributed by atoms with Crippen molar-refractivity contribution in [3.05, 3.63) is 200 Å². The molecule has 2 heteroatoms. The monoisotopic (exact) mass is 665 g/mol. The number of hydrogen-bond donors (Lipinski definition) is 0. The second-order valence-corrected chi connectivity index (χ2v) is 13.8. The fraction of sp³-hybridized carbons (Fsp3) is 0.0400. The van der Waals surface area contributed by atoms with Crippen LogP contribution in [0.1, 0.15) is 17.9 Å². The quantitative estimate of drug-likeness (QED) is 0.176.